The van der Waals surface area contributed by atoms with Gasteiger partial charge in [0.25, 0.3) is 0 Å². The van der Waals surface area contributed by atoms with Crippen LogP contribution in [0.25, 0.3) is 11.0 Å². The fourth-order valence-electron chi connectivity index (χ4n) is 3.04. The second kappa shape index (κ2) is 6.34. The summed E-state index contributed by atoms with van der Waals surface area (Å²) in [5.41, 5.74) is 3.33. The van der Waals surface area contributed by atoms with E-state index in [-0.39, 0.29) is 6.04 Å². The summed E-state index contributed by atoms with van der Waals surface area (Å²) in [7, 11) is 2.06. The van der Waals surface area contributed by atoms with E-state index < -0.39 is 0 Å². The standard InChI is InChI=1S/C20H19N3O/c1-23-18-12-6-5-11-17(18)22-20(23)19(15-8-3-2-4-9-15)21-14-16-10-7-13-24-16/h2-13,19,21H,14H2,1H3/t19-/m0/s1. The molecule has 2 heterocycles. The lowest BCUT2D eigenvalue weighted by molar-refractivity contribution is 0.460. The zero-order valence-electron chi connectivity index (χ0n) is 13.5. The van der Waals surface area contributed by atoms with E-state index in [1.165, 1.54) is 5.56 Å². The number of nitrogens with one attached hydrogen (secondary N) is 1. The monoisotopic (exact) mass is 317 g/mol. The third kappa shape index (κ3) is 2.72. The highest BCUT2D eigenvalue weighted by Gasteiger charge is 2.20. The molecule has 0 aliphatic heterocycles. The van der Waals surface area contributed by atoms with Crippen molar-refractivity contribution < 1.29 is 4.42 Å². The van der Waals surface area contributed by atoms with Crippen molar-refractivity contribution in [1.82, 2.24) is 14.9 Å². The van der Waals surface area contributed by atoms with Gasteiger partial charge in [0.2, 0.25) is 0 Å². The maximum Gasteiger partial charge on any atom is 0.131 e. The van der Waals surface area contributed by atoms with Crippen LogP contribution >= 0.6 is 0 Å². The lowest BCUT2D eigenvalue weighted by Gasteiger charge is -2.18. The maximum atomic E-state index is 5.46. The lowest BCUT2D eigenvalue weighted by atomic mass is 10.1. The number of hydrogen-bond donors (Lipinski definition) is 1. The molecule has 2 aromatic carbocycles. The Morgan fingerprint density at radius 2 is 1.79 bits per heavy atom. The first-order chi connectivity index (χ1) is 11.8. The molecule has 120 valence electrons. The Hall–Kier alpha value is -2.85. The van der Waals surface area contributed by atoms with E-state index in [2.05, 4.69) is 47.3 Å². The summed E-state index contributed by atoms with van der Waals surface area (Å²) < 4.78 is 7.61. The van der Waals surface area contributed by atoms with Crippen LogP contribution in [0.5, 0.6) is 0 Å². The normalized spacial score (nSPS) is 12.5. The molecule has 4 aromatic rings. The van der Waals surface area contributed by atoms with Crippen LogP contribution in [0.4, 0.5) is 0 Å². The number of aryl methyl sites for hydroxylation is 1. The van der Waals surface area contributed by atoms with E-state index in [0.717, 1.165) is 22.6 Å². The second-order valence-corrected chi connectivity index (χ2v) is 5.82. The second-order valence-electron chi connectivity index (χ2n) is 5.82. The van der Waals surface area contributed by atoms with Gasteiger partial charge >= 0.3 is 0 Å². The Bertz CT molecular complexity index is 926. The summed E-state index contributed by atoms with van der Waals surface area (Å²) in [5, 5.41) is 3.58. The number of aromatic nitrogens is 2. The van der Waals surface area contributed by atoms with Crippen molar-refractivity contribution >= 4 is 11.0 Å². The zero-order valence-corrected chi connectivity index (χ0v) is 13.5. The number of imidazole rings is 1. The van der Waals surface area contributed by atoms with Crippen LogP contribution in [0.2, 0.25) is 0 Å². The van der Waals surface area contributed by atoms with E-state index in [0.29, 0.717) is 6.54 Å². The van der Waals surface area contributed by atoms with Gasteiger partial charge in [0.15, 0.2) is 0 Å². The van der Waals surface area contributed by atoms with Gasteiger partial charge in [0.1, 0.15) is 11.6 Å². The molecule has 0 aliphatic rings. The molecule has 0 amide bonds. The summed E-state index contributed by atoms with van der Waals surface area (Å²) in [6, 6.07) is 22.5. The molecule has 0 saturated heterocycles. The van der Waals surface area contributed by atoms with Crippen molar-refractivity contribution in [1.29, 1.82) is 0 Å². The molecule has 4 heteroatoms. The van der Waals surface area contributed by atoms with Crippen molar-refractivity contribution in [2.45, 2.75) is 12.6 Å². The van der Waals surface area contributed by atoms with Gasteiger partial charge in [0, 0.05) is 7.05 Å². The fourth-order valence-corrected chi connectivity index (χ4v) is 3.04. The van der Waals surface area contributed by atoms with Gasteiger partial charge in [0.05, 0.1) is 29.9 Å². The fraction of sp³-hybridized carbons (Fsp3) is 0.150. The van der Waals surface area contributed by atoms with Gasteiger partial charge in [-0.15, -0.1) is 0 Å². The third-order valence-corrected chi connectivity index (χ3v) is 4.27. The van der Waals surface area contributed by atoms with Crippen LogP contribution in [0.1, 0.15) is 23.2 Å². The molecule has 4 nitrogen and oxygen atoms in total. The van der Waals surface area contributed by atoms with Crippen LogP contribution < -0.4 is 5.32 Å². The summed E-state index contributed by atoms with van der Waals surface area (Å²) in [6.45, 7) is 0.649. The van der Waals surface area contributed by atoms with Crippen molar-refractivity contribution in [3.63, 3.8) is 0 Å². The van der Waals surface area contributed by atoms with E-state index in [1.54, 1.807) is 6.26 Å². The molecule has 2 aromatic heterocycles. The number of nitrogens with zero attached hydrogens (tertiary/aromatic N) is 2. The average Bonchev–Trinajstić information content (AvgIpc) is 3.25. The molecule has 1 N–H and O–H groups in total. The molecular weight excluding hydrogens is 298 g/mol. The molecule has 4 rings (SSSR count). The van der Waals surface area contributed by atoms with Gasteiger partial charge in [-0.05, 0) is 29.8 Å². The van der Waals surface area contributed by atoms with E-state index in [4.69, 9.17) is 9.40 Å². The van der Waals surface area contributed by atoms with Crippen molar-refractivity contribution in [2.24, 2.45) is 7.05 Å². The van der Waals surface area contributed by atoms with Crippen molar-refractivity contribution in [3.8, 4) is 0 Å². The molecule has 0 spiro atoms. The summed E-state index contributed by atoms with van der Waals surface area (Å²) in [6.07, 6.45) is 1.70. The molecule has 0 bridgehead atoms. The number of fused-ring (bicyclic) bond motifs is 1. The molecular formula is C20H19N3O. The molecule has 0 saturated carbocycles. The molecule has 0 unspecified atom stereocenters. The predicted molar refractivity (Wildman–Crippen MR) is 94.5 cm³/mol. The molecule has 24 heavy (non-hydrogen) atoms. The summed E-state index contributed by atoms with van der Waals surface area (Å²) in [5.74, 6) is 1.91. The predicted octanol–water partition coefficient (Wildman–Crippen LogP) is 4.05. The SMILES string of the molecule is Cn1c([C@@H](NCc2ccco2)c2ccccc2)nc2ccccc21. The molecule has 1 atom stereocenters. The molecule has 0 aliphatic carbocycles. The molecule has 0 fully saturated rings. The number of para-hydroxylation sites is 2. The van der Waals surface area contributed by atoms with Crippen LogP contribution in [0.3, 0.4) is 0 Å². The highest BCUT2D eigenvalue weighted by molar-refractivity contribution is 5.76. The zero-order chi connectivity index (χ0) is 16.4. The molecule has 0 radical (unpaired) electrons. The Morgan fingerprint density at radius 3 is 2.54 bits per heavy atom. The third-order valence-electron chi connectivity index (χ3n) is 4.27. The summed E-state index contributed by atoms with van der Waals surface area (Å²) >= 11 is 0. The number of benzene rings is 2. The van der Waals surface area contributed by atoms with E-state index in [9.17, 15) is 0 Å². The highest BCUT2D eigenvalue weighted by Crippen LogP contribution is 2.25. The van der Waals surface area contributed by atoms with E-state index >= 15 is 0 Å². The topological polar surface area (TPSA) is 43.0 Å². The average molecular weight is 317 g/mol. The Balaban J connectivity index is 1.74. The van der Waals surface area contributed by atoms with Crippen molar-refractivity contribution in [3.05, 3.63) is 90.1 Å². The highest BCUT2D eigenvalue weighted by atomic mass is 16.3. The first kappa shape index (κ1) is 14.7. The Kier molecular flexibility index (Phi) is 3.89. The van der Waals surface area contributed by atoms with E-state index in [1.807, 2.05) is 36.4 Å². The van der Waals surface area contributed by atoms with Gasteiger partial charge in [-0.2, -0.15) is 0 Å². The van der Waals surface area contributed by atoms with Crippen molar-refractivity contribution in [2.75, 3.05) is 0 Å². The van der Waals surface area contributed by atoms with Gasteiger partial charge in [-0.25, -0.2) is 4.98 Å². The van der Waals surface area contributed by atoms with Gasteiger partial charge < -0.3 is 8.98 Å². The van der Waals surface area contributed by atoms with Gasteiger partial charge in [-0.1, -0.05) is 42.5 Å². The van der Waals surface area contributed by atoms with Crippen LogP contribution in [-0.2, 0) is 13.6 Å². The number of furan rings is 1. The smallest absolute Gasteiger partial charge is 0.131 e. The largest absolute Gasteiger partial charge is 0.468 e. The number of rotatable bonds is 5. The van der Waals surface area contributed by atoms with Crippen LogP contribution in [-0.4, -0.2) is 9.55 Å². The van der Waals surface area contributed by atoms with Gasteiger partial charge in [-0.3, -0.25) is 5.32 Å². The minimum atomic E-state index is -0.00583. The quantitative estimate of drug-likeness (QED) is 0.604. The summed E-state index contributed by atoms with van der Waals surface area (Å²) in [4.78, 5) is 4.86. The number of hydrogen-bond acceptors (Lipinski definition) is 3. The Morgan fingerprint density at radius 1 is 1.00 bits per heavy atom. The lowest BCUT2D eigenvalue weighted by Crippen LogP contribution is -2.24. The maximum absolute atomic E-state index is 5.46. The minimum Gasteiger partial charge on any atom is -0.468 e. The Labute approximate surface area is 140 Å². The van der Waals surface area contributed by atoms with Crippen LogP contribution in [0.15, 0.2) is 77.4 Å². The van der Waals surface area contributed by atoms with Crippen LogP contribution in [0, 0.1) is 0 Å². The first-order valence-electron chi connectivity index (χ1n) is 8.05. The minimum absolute atomic E-state index is 0.00583. The first-order valence-corrected chi connectivity index (χ1v) is 8.05.